The van der Waals surface area contributed by atoms with Gasteiger partial charge in [0.25, 0.3) is 0 Å². The van der Waals surface area contributed by atoms with Crippen molar-refractivity contribution in [2.24, 2.45) is 0 Å². The highest BCUT2D eigenvalue weighted by atomic mass is 35.5. The molecule has 27 heavy (non-hydrogen) atoms. The van der Waals surface area contributed by atoms with E-state index in [-0.39, 0.29) is 0 Å². The van der Waals surface area contributed by atoms with Crippen molar-refractivity contribution < 1.29 is 14.6 Å². The highest BCUT2D eigenvalue weighted by Gasteiger charge is 2.28. The van der Waals surface area contributed by atoms with Crippen molar-refractivity contribution >= 4 is 34.3 Å². The minimum atomic E-state index is -1.20. The van der Waals surface area contributed by atoms with E-state index in [9.17, 15) is 9.90 Å². The molecule has 0 spiro atoms. The molecule has 0 radical (unpaired) electrons. The fourth-order valence-corrected chi connectivity index (χ4v) is 3.26. The van der Waals surface area contributed by atoms with Crippen LogP contribution in [0.4, 0.5) is 5.82 Å². The van der Waals surface area contributed by atoms with Gasteiger partial charge in [-0.1, -0.05) is 30.3 Å². The molecule has 6 heteroatoms. The molecule has 0 saturated carbocycles. The van der Waals surface area contributed by atoms with E-state index in [1.54, 1.807) is 25.1 Å². The number of rotatable bonds is 5. The molecular formula is C21H19ClN2O3. The second-order valence-corrected chi connectivity index (χ2v) is 6.77. The van der Waals surface area contributed by atoms with Crippen molar-refractivity contribution in [1.29, 1.82) is 0 Å². The molecule has 0 bridgehead atoms. The summed E-state index contributed by atoms with van der Waals surface area (Å²) in [4.78, 5) is 16.4. The number of anilines is 1. The minimum Gasteiger partial charge on any atom is -0.479 e. The van der Waals surface area contributed by atoms with Crippen LogP contribution in [0, 0.1) is 6.92 Å². The molecule has 1 atom stereocenters. The Bertz CT molecular complexity index is 1050. The normalized spacial score (nSPS) is 12.0. The third-order valence-electron chi connectivity index (χ3n) is 4.20. The van der Waals surface area contributed by atoms with Gasteiger partial charge in [-0.3, -0.25) is 0 Å². The molecule has 3 N–H and O–H groups in total. The summed E-state index contributed by atoms with van der Waals surface area (Å²) in [5.74, 6) is -0.386. The number of benzene rings is 2. The molecule has 0 unspecified atom stereocenters. The van der Waals surface area contributed by atoms with Gasteiger partial charge >= 0.3 is 5.97 Å². The van der Waals surface area contributed by atoms with Gasteiger partial charge in [0.1, 0.15) is 5.82 Å². The van der Waals surface area contributed by atoms with E-state index in [4.69, 9.17) is 22.1 Å². The van der Waals surface area contributed by atoms with Crippen LogP contribution in [-0.2, 0) is 9.53 Å². The lowest BCUT2D eigenvalue weighted by Crippen LogP contribution is -2.17. The first kappa shape index (κ1) is 18.7. The number of halogens is 1. The number of carboxylic acid groups (broad SMARTS) is 1. The van der Waals surface area contributed by atoms with Crippen LogP contribution >= 0.6 is 11.6 Å². The maximum absolute atomic E-state index is 12.0. The number of nitrogens with two attached hydrogens (primary N) is 1. The summed E-state index contributed by atoms with van der Waals surface area (Å²) < 4.78 is 5.57. The number of hydrogen-bond acceptors (Lipinski definition) is 4. The summed E-state index contributed by atoms with van der Waals surface area (Å²) in [6.45, 7) is 7.14. The molecule has 1 aromatic heterocycles. The van der Waals surface area contributed by atoms with Gasteiger partial charge in [-0.25, -0.2) is 9.78 Å². The average molecular weight is 383 g/mol. The Labute approximate surface area is 162 Å². The number of aromatic nitrogens is 1. The zero-order valence-corrected chi connectivity index (χ0v) is 15.7. The first-order chi connectivity index (χ1) is 12.8. The molecule has 0 aliphatic heterocycles. The van der Waals surface area contributed by atoms with Crippen molar-refractivity contribution in [2.75, 3.05) is 5.73 Å². The Kier molecular flexibility index (Phi) is 5.06. The molecular weight excluding hydrogens is 364 g/mol. The maximum atomic E-state index is 12.0. The Balaban J connectivity index is 2.41. The number of ether oxygens (including phenoxy) is 1. The van der Waals surface area contributed by atoms with Crippen LogP contribution in [0.5, 0.6) is 0 Å². The Morgan fingerprint density at radius 1 is 1.26 bits per heavy atom. The molecule has 5 nitrogen and oxygen atoms in total. The number of aryl methyl sites for hydroxylation is 1. The molecule has 0 saturated heterocycles. The van der Waals surface area contributed by atoms with Gasteiger partial charge < -0.3 is 15.6 Å². The predicted octanol–water partition coefficient (Wildman–Crippen LogP) is 5.12. The van der Waals surface area contributed by atoms with E-state index in [0.717, 1.165) is 22.1 Å². The number of nitrogen functional groups attached to an aromatic ring is 1. The lowest BCUT2D eigenvalue weighted by atomic mass is 9.88. The summed E-state index contributed by atoms with van der Waals surface area (Å²) in [6, 6.07) is 12.6. The van der Waals surface area contributed by atoms with Gasteiger partial charge in [0.05, 0.1) is 11.3 Å². The first-order valence-electron chi connectivity index (χ1n) is 8.28. The molecule has 2 aromatic carbocycles. The number of hydrogen-bond donors (Lipinski definition) is 2. The number of carboxylic acids is 1. The monoisotopic (exact) mass is 382 g/mol. The molecule has 138 valence electrons. The van der Waals surface area contributed by atoms with Gasteiger partial charge in [-0.15, -0.1) is 0 Å². The van der Waals surface area contributed by atoms with Crippen molar-refractivity contribution in [3.63, 3.8) is 0 Å². The summed E-state index contributed by atoms with van der Waals surface area (Å²) in [7, 11) is 0. The van der Waals surface area contributed by atoms with Crippen LogP contribution in [0.25, 0.3) is 22.0 Å². The Morgan fingerprint density at radius 2 is 1.93 bits per heavy atom. The number of pyridine rings is 1. The van der Waals surface area contributed by atoms with Crippen molar-refractivity contribution in [1.82, 2.24) is 4.98 Å². The first-order valence-corrected chi connectivity index (χ1v) is 8.66. The number of fused-ring (bicyclic) bond motifs is 1. The summed E-state index contributed by atoms with van der Waals surface area (Å²) in [6.07, 6.45) is -1.20. The molecule has 1 heterocycles. The molecule has 3 rings (SSSR count). The number of carbonyl (C=O) groups is 1. The lowest BCUT2D eigenvalue weighted by Gasteiger charge is -2.22. The van der Waals surface area contributed by atoms with E-state index in [1.807, 2.05) is 31.2 Å². The summed E-state index contributed by atoms with van der Waals surface area (Å²) in [5, 5.41) is 11.2. The SMILES string of the molecule is C=C(C)O[C@H](C(=O)O)c1c(C)cc2nc(N)ccc2c1-c1ccc(Cl)cc1. The molecule has 0 amide bonds. The van der Waals surface area contributed by atoms with Crippen LogP contribution in [0.15, 0.2) is 54.8 Å². The molecule has 3 aromatic rings. The third-order valence-corrected chi connectivity index (χ3v) is 4.45. The Hall–Kier alpha value is -3.05. The van der Waals surface area contributed by atoms with Gasteiger partial charge in [-0.2, -0.15) is 0 Å². The summed E-state index contributed by atoms with van der Waals surface area (Å²) >= 11 is 6.03. The average Bonchev–Trinajstić information content (AvgIpc) is 2.59. The van der Waals surface area contributed by atoms with Crippen LogP contribution in [0.2, 0.25) is 5.02 Å². The fourth-order valence-electron chi connectivity index (χ4n) is 3.14. The van der Waals surface area contributed by atoms with Gasteiger partial charge in [0, 0.05) is 16.0 Å². The number of nitrogens with zero attached hydrogens (tertiary/aromatic N) is 1. The van der Waals surface area contributed by atoms with Crippen molar-refractivity contribution in [2.45, 2.75) is 20.0 Å². The minimum absolute atomic E-state index is 0.319. The third kappa shape index (κ3) is 3.73. The molecule has 0 aliphatic carbocycles. The second kappa shape index (κ2) is 7.29. The quantitative estimate of drug-likeness (QED) is 0.598. The van der Waals surface area contributed by atoms with E-state index >= 15 is 0 Å². The van der Waals surface area contributed by atoms with E-state index in [0.29, 0.717) is 27.7 Å². The van der Waals surface area contributed by atoms with Crippen molar-refractivity contribution in [3.8, 4) is 11.1 Å². The highest BCUT2D eigenvalue weighted by molar-refractivity contribution is 6.30. The molecule has 0 aliphatic rings. The van der Waals surface area contributed by atoms with Gasteiger partial charge in [0.2, 0.25) is 6.10 Å². The zero-order chi connectivity index (χ0) is 19.7. The van der Waals surface area contributed by atoms with Crippen LogP contribution in [0.1, 0.15) is 24.2 Å². The lowest BCUT2D eigenvalue weighted by molar-refractivity contribution is -0.148. The zero-order valence-electron chi connectivity index (χ0n) is 15.0. The Morgan fingerprint density at radius 3 is 2.52 bits per heavy atom. The second-order valence-electron chi connectivity index (χ2n) is 6.33. The largest absolute Gasteiger partial charge is 0.479 e. The fraction of sp³-hybridized carbons (Fsp3) is 0.143. The van der Waals surface area contributed by atoms with E-state index in [2.05, 4.69) is 11.6 Å². The van der Waals surface area contributed by atoms with E-state index in [1.165, 1.54) is 0 Å². The topological polar surface area (TPSA) is 85.4 Å². The van der Waals surface area contributed by atoms with Crippen molar-refractivity contribution in [3.05, 3.63) is 71.0 Å². The number of allylic oxidation sites excluding steroid dienone is 1. The van der Waals surface area contributed by atoms with Crippen LogP contribution in [-0.4, -0.2) is 16.1 Å². The highest BCUT2D eigenvalue weighted by Crippen LogP contribution is 2.39. The van der Waals surface area contributed by atoms with Gasteiger partial charge in [0.15, 0.2) is 0 Å². The maximum Gasteiger partial charge on any atom is 0.349 e. The van der Waals surface area contributed by atoms with E-state index < -0.39 is 12.1 Å². The molecule has 0 fully saturated rings. The standard InChI is InChI=1S/C21H19ClN2O3/c1-11(2)27-20(21(25)26)18-12(3)10-16-15(8-9-17(23)24-16)19(18)13-4-6-14(22)7-5-13/h4-10,20H,1H2,2-3H3,(H2,23,24)(H,25,26)/t20-/m0/s1. The van der Waals surface area contributed by atoms with Crippen LogP contribution < -0.4 is 5.73 Å². The van der Waals surface area contributed by atoms with Gasteiger partial charge in [-0.05, 0) is 60.9 Å². The van der Waals surface area contributed by atoms with Crippen LogP contribution in [0.3, 0.4) is 0 Å². The predicted molar refractivity (Wildman–Crippen MR) is 108 cm³/mol. The smallest absolute Gasteiger partial charge is 0.349 e. The summed E-state index contributed by atoms with van der Waals surface area (Å²) in [5.41, 5.74) is 9.34. The number of aliphatic carboxylic acids is 1.